The SMILES string of the molecule is CCOc1ccc(Br)cc1C(Cl)c1cccc(C)c1Cl. The third kappa shape index (κ3) is 3.30. The zero-order valence-corrected chi connectivity index (χ0v) is 14.4. The van der Waals surface area contributed by atoms with Crippen molar-refractivity contribution in [3.05, 3.63) is 62.6 Å². The third-order valence-corrected chi connectivity index (χ3v) is 4.52. The number of hydrogen-bond donors (Lipinski definition) is 0. The first-order valence-corrected chi connectivity index (χ1v) is 7.96. The van der Waals surface area contributed by atoms with Crippen molar-refractivity contribution >= 4 is 39.1 Å². The fourth-order valence-electron chi connectivity index (χ4n) is 2.04. The maximum Gasteiger partial charge on any atom is 0.124 e. The van der Waals surface area contributed by atoms with Crippen molar-refractivity contribution in [3.63, 3.8) is 0 Å². The molecule has 0 aliphatic heterocycles. The van der Waals surface area contributed by atoms with Crippen LogP contribution in [0.4, 0.5) is 0 Å². The molecule has 0 N–H and O–H groups in total. The Kier molecular flexibility index (Phi) is 5.36. The van der Waals surface area contributed by atoms with Gasteiger partial charge >= 0.3 is 0 Å². The van der Waals surface area contributed by atoms with Gasteiger partial charge in [-0.15, -0.1) is 11.6 Å². The average Bonchev–Trinajstić information content (AvgIpc) is 2.43. The van der Waals surface area contributed by atoms with Crippen molar-refractivity contribution in [1.82, 2.24) is 0 Å². The third-order valence-electron chi connectivity index (χ3n) is 3.04. The molecule has 0 fully saturated rings. The summed E-state index contributed by atoms with van der Waals surface area (Å²) in [6, 6.07) is 11.7. The van der Waals surface area contributed by atoms with Crippen molar-refractivity contribution in [2.75, 3.05) is 6.61 Å². The second kappa shape index (κ2) is 6.84. The van der Waals surface area contributed by atoms with Gasteiger partial charge in [0.05, 0.1) is 12.0 Å². The Morgan fingerprint density at radius 1 is 1.20 bits per heavy atom. The zero-order chi connectivity index (χ0) is 14.7. The van der Waals surface area contributed by atoms with Gasteiger partial charge in [0.2, 0.25) is 0 Å². The molecule has 0 amide bonds. The standard InChI is InChI=1S/C16H15BrCl2O/c1-3-20-14-8-7-11(17)9-13(14)16(19)12-6-4-5-10(2)15(12)18/h4-9,16H,3H2,1-2H3. The molecule has 0 radical (unpaired) electrons. The predicted molar refractivity (Wildman–Crippen MR) is 89.2 cm³/mol. The molecular formula is C16H15BrCl2O. The van der Waals surface area contributed by atoms with Gasteiger partial charge in [0.1, 0.15) is 5.75 Å². The summed E-state index contributed by atoms with van der Waals surface area (Å²) in [6.07, 6.45) is 0. The van der Waals surface area contributed by atoms with Crippen molar-refractivity contribution in [3.8, 4) is 5.75 Å². The Balaban J connectivity index is 2.49. The van der Waals surface area contributed by atoms with E-state index in [-0.39, 0.29) is 5.38 Å². The van der Waals surface area contributed by atoms with E-state index in [0.717, 1.165) is 26.9 Å². The molecule has 1 atom stereocenters. The van der Waals surface area contributed by atoms with E-state index in [4.69, 9.17) is 27.9 Å². The highest BCUT2D eigenvalue weighted by Gasteiger charge is 2.19. The van der Waals surface area contributed by atoms with Crippen LogP contribution in [0.1, 0.15) is 29.0 Å². The minimum atomic E-state index is -0.346. The molecule has 2 rings (SSSR count). The first kappa shape index (κ1) is 15.7. The van der Waals surface area contributed by atoms with Gasteiger partial charge in [0.15, 0.2) is 0 Å². The van der Waals surface area contributed by atoms with E-state index >= 15 is 0 Å². The number of ether oxygens (including phenoxy) is 1. The van der Waals surface area contributed by atoms with Crippen LogP contribution in [0.25, 0.3) is 0 Å². The van der Waals surface area contributed by atoms with Crippen molar-refractivity contribution < 1.29 is 4.74 Å². The van der Waals surface area contributed by atoms with Crippen molar-refractivity contribution in [1.29, 1.82) is 0 Å². The van der Waals surface area contributed by atoms with Crippen LogP contribution in [0.3, 0.4) is 0 Å². The van der Waals surface area contributed by atoms with Gasteiger partial charge in [-0.2, -0.15) is 0 Å². The second-order valence-corrected chi connectivity index (χ2v) is 6.19. The van der Waals surface area contributed by atoms with Gasteiger partial charge in [-0.1, -0.05) is 45.7 Å². The van der Waals surface area contributed by atoms with Gasteiger partial charge < -0.3 is 4.74 Å². The largest absolute Gasteiger partial charge is 0.494 e. The molecule has 0 saturated carbocycles. The predicted octanol–water partition coefficient (Wildman–Crippen LogP) is 6.14. The van der Waals surface area contributed by atoms with Crippen LogP contribution in [0.15, 0.2) is 40.9 Å². The molecule has 20 heavy (non-hydrogen) atoms. The van der Waals surface area contributed by atoms with Crippen molar-refractivity contribution in [2.45, 2.75) is 19.2 Å². The fourth-order valence-corrected chi connectivity index (χ4v) is 3.06. The Bertz CT molecular complexity index is 613. The number of benzene rings is 2. The summed E-state index contributed by atoms with van der Waals surface area (Å²) in [4.78, 5) is 0. The Morgan fingerprint density at radius 3 is 2.65 bits per heavy atom. The summed E-state index contributed by atoms with van der Waals surface area (Å²) in [7, 11) is 0. The van der Waals surface area contributed by atoms with Gasteiger partial charge in [0, 0.05) is 15.1 Å². The van der Waals surface area contributed by atoms with E-state index in [9.17, 15) is 0 Å². The summed E-state index contributed by atoms with van der Waals surface area (Å²) in [5, 5.41) is 0.358. The van der Waals surface area contributed by atoms with Crippen LogP contribution in [0.2, 0.25) is 5.02 Å². The summed E-state index contributed by atoms with van der Waals surface area (Å²) in [6.45, 7) is 4.52. The van der Waals surface area contributed by atoms with Gasteiger partial charge in [-0.05, 0) is 43.2 Å². The molecule has 0 heterocycles. The molecule has 0 aliphatic rings. The minimum Gasteiger partial charge on any atom is -0.494 e. The van der Waals surface area contributed by atoms with Crippen LogP contribution in [-0.2, 0) is 0 Å². The van der Waals surface area contributed by atoms with Crippen LogP contribution in [0, 0.1) is 6.92 Å². The maximum atomic E-state index is 6.64. The molecule has 4 heteroatoms. The average molecular weight is 374 g/mol. The molecule has 1 nitrogen and oxygen atoms in total. The van der Waals surface area contributed by atoms with E-state index in [0.29, 0.717) is 11.6 Å². The van der Waals surface area contributed by atoms with Gasteiger partial charge in [-0.3, -0.25) is 0 Å². The number of halogens is 3. The summed E-state index contributed by atoms with van der Waals surface area (Å²) in [5.41, 5.74) is 2.82. The first-order valence-electron chi connectivity index (χ1n) is 6.36. The number of rotatable bonds is 4. The van der Waals surface area contributed by atoms with Crippen LogP contribution >= 0.6 is 39.1 Å². The zero-order valence-electron chi connectivity index (χ0n) is 11.3. The van der Waals surface area contributed by atoms with Gasteiger partial charge in [0.25, 0.3) is 0 Å². The summed E-state index contributed by atoms with van der Waals surface area (Å²) in [5.74, 6) is 0.785. The number of aryl methyl sites for hydroxylation is 1. The highest BCUT2D eigenvalue weighted by molar-refractivity contribution is 9.10. The van der Waals surface area contributed by atoms with Crippen molar-refractivity contribution in [2.24, 2.45) is 0 Å². The van der Waals surface area contributed by atoms with E-state index in [1.54, 1.807) is 0 Å². The van der Waals surface area contributed by atoms with Crippen LogP contribution in [-0.4, -0.2) is 6.61 Å². The normalized spacial score (nSPS) is 12.2. The van der Waals surface area contributed by atoms with Crippen LogP contribution in [0.5, 0.6) is 5.75 Å². The first-order chi connectivity index (χ1) is 9.54. The summed E-state index contributed by atoms with van der Waals surface area (Å²) < 4.78 is 6.62. The molecule has 2 aromatic carbocycles. The highest BCUT2D eigenvalue weighted by Crippen LogP contribution is 2.40. The lowest BCUT2D eigenvalue weighted by molar-refractivity contribution is 0.337. The Labute approximate surface area is 138 Å². The maximum absolute atomic E-state index is 6.64. The molecular weight excluding hydrogens is 359 g/mol. The summed E-state index contributed by atoms with van der Waals surface area (Å²) >= 11 is 16.5. The quantitative estimate of drug-likeness (QED) is 0.585. The van der Waals surface area contributed by atoms with E-state index < -0.39 is 0 Å². The second-order valence-electron chi connectivity index (χ2n) is 4.46. The highest BCUT2D eigenvalue weighted by atomic mass is 79.9. The molecule has 0 aromatic heterocycles. The topological polar surface area (TPSA) is 9.23 Å². The van der Waals surface area contributed by atoms with E-state index in [2.05, 4.69) is 15.9 Å². The van der Waals surface area contributed by atoms with E-state index in [1.807, 2.05) is 50.2 Å². The van der Waals surface area contributed by atoms with Crippen LogP contribution < -0.4 is 4.74 Å². The molecule has 1 unspecified atom stereocenters. The van der Waals surface area contributed by atoms with E-state index in [1.165, 1.54) is 0 Å². The number of alkyl halides is 1. The fraction of sp³-hybridized carbons (Fsp3) is 0.250. The Hall–Kier alpha value is -0.700. The smallest absolute Gasteiger partial charge is 0.124 e. The monoisotopic (exact) mass is 372 g/mol. The lowest BCUT2D eigenvalue weighted by Crippen LogP contribution is -2.01. The lowest BCUT2D eigenvalue weighted by Gasteiger charge is -2.17. The molecule has 2 aromatic rings. The van der Waals surface area contributed by atoms with Gasteiger partial charge in [-0.25, -0.2) is 0 Å². The molecule has 0 spiro atoms. The molecule has 0 bridgehead atoms. The molecule has 0 saturated heterocycles. The molecule has 106 valence electrons. The minimum absolute atomic E-state index is 0.346. The lowest BCUT2D eigenvalue weighted by atomic mass is 10.0. The molecule has 0 aliphatic carbocycles. The number of hydrogen-bond acceptors (Lipinski definition) is 1. The Morgan fingerprint density at radius 2 is 1.95 bits per heavy atom.